The molecule has 0 fully saturated rings. The van der Waals surface area contributed by atoms with E-state index in [9.17, 15) is 0 Å². The Kier molecular flexibility index (Phi) is 3.83. The lowest BCUT2D eigenvalue weighted by Gasteiger charge is -2.17. The van der Waals surface area contributed by atoms with Crippen molar-refractivity contribution in [3.63, 3.8) is 0 Å². The van der Waals surface area contributed by atoms with Crippen LogP contribution in [0.25, 0.3) is 0 Å². The Morgan fingerprint density at radius 2 is 1.75 bits per heavy atom. The van der Waals surface area contributed by atoms with Crippen LogP contribution in [0.5, 0.6) is 0 Å². The molecule has 0 aliphatic carbocycles. The van der Waals surface area contributed by atoms with Crippen LogP contribution in [0.15, 0.2) is 0 Å². The van der Waals surface area contributed by atoms with E-state index in [4.69, 9.17) is 0 Å². The number of hydrogen-bond donors (Lipinski definition) is 2. The van der Waals surface area contributed by atoms with Gasteiger partial charge in [-0.25, -0.2) is 0 Å². The van der Waals surface area contributed by atoms with Gasteiger partial charge in [0.2, 0.25) is 0 Å². The first kappa shape index (κ1) is 7.92. The summed E-state index contributed by atoms with van der Waals surface area (Å²) in [4.78, 5) is 0. The zero-order chi connectivity index (χ0) is 6.57. The number of hydrogen-bond acceptors (Lipinski definition) is 2. The Labute approximate surface area is 51.7 Å². The molecule has 0 aromatic carbocycles. The predicted octanol–water partition coefficient (Wildman–Crippen LogP) is 0.0164. The zero-order valence-electron chi connectivity index (χ0n) is 5.86. The Balaban J connectivity index is 3.29. The van der Waals surface area contributed by atoms with Gasteiger partial charge in [-0.15, -0.1) is 0 Å². The van der Waals surface area contributed by atoms with Gasteiger partial charge in [-0.05, 0) is 27.9 Å². The molecule has 8 heavy (non-hydrogen) atoms. The first-order valence-corrected chi connectivity index (χ1v) is 2.90. The molecule has 0 aromatic rings. The van der Waals surface area contributed by atoms with E-state index in [0.717, 1.165) is 0 Å². The molecular weight excluding hydrogens is 100 g/mol. The van der Waals surface area contributed by atoms with E-state index in [1.165, 1.54) is 0 Å². The Morgan fingerprint density at radius 1 is 1.25 bits per heavy atom. The van der Waals surface area contributed by atoms with Crippen LogP contribution in [-0.4, -0.2) is 26.2 Å². The zero-order valence-corrected chi connectivity index (χ0v) is 5.86. The van der Waals surface area contributed by atoms with Gasteiger partial charge >= 0.3 is 0 Å². The van der Waals surface area contributed by atoms with Crippen molar-refractivity contribution < 1.29 is 0 Å². The molecule has 0 saturated carbocycles. The fourth-order valence-electron chi connectivity index (χ4n) is 0.451. The topological polar surface area (TPSA) is 24.1 Å². The van der Waals surface area contributed by atoms with E-state index in [1.54, 1.807) is 0 Å². The average molecular weight is 115 g/mol. The van der Waals surface area contributed by atoms with Crippen molar-refractivity contribution in [2.45, 2.75) is 19.0 Å². The molecule has 2 N–H and O–H groups in total. The van der Waals surface area contributed by atoms with E-state index in [0.29, 0.717) is 12.1 Å². The fourth-order valence-corrected chi connectivity index (χ4v) is 0.451. The average Bonchev–Trinajstić information content (AvgIpc) is 1.84. The molecule has 0 heterocycles. The molecule has 0 bridgehead atoms. The highest BCUT2D eigenvalue weighted by atomic mass is 15.0. The Morgan fingerprint density at radius 3 is 1.88 bits per heavy atom. The third-order valence-electron chi connectivity index (χ3n) is 1.43. The molecule has 0 rings (SSSR count). The van der Waals surface area contributed by atoms with Crippen molar-refractivity contribution in [3.05, 3.63) is 6.92 Å². The molecule has 0 aliphatic heterocycles. The van der Waals surface area contributed by atoms with Crippen LogP contribution in [0.1, 0.15) is 6.92 Å². The molecule has 2 nitrogen and oxygen atoms in total. The normalized spacial score (nSPS) is 18.0. The van der Waals surface area contributed by atoms with Crippen LogP contribution < -0.4 is 10.6 Å². The highest BCUT2D eigenvalue weighted by Crippen LogP contribution is 1.86. The fraction of sp³-hybridized carbons (Fsp3) is 0.833. The number of likely N-dealkylation sites (N-methyl/N-ethyl adjacent to an activating group) is 2. The molecule has 1 radical (unpaired) electrons. The highest BCUT2D eigenvalue weighted by molar-refractivity contribution is 4.77. The molecule has 0 amide bonds. The third kappa shape index (κ3) is 2.28. The molecule has 49 valence electrons. The van der Waals surface area contributed by atoms with Crippen LogP contribution in [0.4, 0.5) is 0 Å². The van der Waals surface area contributed by atoms with Gasteiger partial charge in [0.1, 0.15) is 0 Å². The van der Waals surface area contributed by atoms with Gasteiger partial charge in [0, 0.05) is 12.1 Å². The first-order valence-electron chi connectivity index (χ1n) is 2.90. The second kappa shape index (κ2) is 3.87. The summed E-state index contributed by atoms with van der Waals surface area (Å²) < 4.78 is 0. The summed E-state index contributed by atoms with van der Waals surface area (Å²) in [7, 11) is 3.84. The maximum atomic E-state index is 3.85. The Hall–Kier alpha value is -0.0800. The minimum Gasteiger partial charge on any atom is -0.316 e. The molecule has 2 heteroatoms. The quantitative estimate of drug-likeness (QED) is 0.541. The lowest BCUT2D eigenvalue weighted by molar-refractivity contribution is 0.493. The van der Waals surface area contributed by atoms with Crippen LogP contribution >= 0.6 is 0 Å². The van der Waals surface area contributed by atoms with E-state index in [1.807, 2.05) is 14.1 Å². The van der Waals surface area contributed by atoms with Crippen molar-refractivity contribution in [1.82, 2.24) is 10.6 Å². The van der Waals surface area contributed by atoms with Crippen LogP contribution in [0.3, 0.4) is 0 Å². The van der Waals surface area contributed by atoms with E-state index in [-0.39, 0.29) is 0 Å². The lowest BCUT2D eigenvalue weighted by atomic mass is 10.2. The monoisotopic (exact) mass is 115 g/mol. The van der Waals surface area contributed by atoms with Crippen molar-refractivity contribution in [2.24, 2.45) is 0 Å². The summed E-state index contributed by atoms with van der Waals surface area (Å²) in [5, 5.41) is 6.13. The van der Waals surface area contributed by atoms with E-state index < -0.39 is 0 Å². The molecule has 0 spiro atoms. The van der Waals surface area contributed by atoms with Gasteiger partial charge in [0.05, 0.1) is 0 Å². The molecule has 2 atom stereocenters. The summed E-state index contributed by atoms with van der Waals surface area (Å²) in [5.41, 5.74) is 0. The van der Waals surface area contributed by atoms with Crippen molar-refractivity contribution in [2.75, 3.05) is 14.1 Å². The smallest absolute Gasteiger partial charge is 0.0215 e. The summed E-state index contributed by atoms with van der Waals surface area (Å²) in [6.45, 7) is 5.95. The molecule has 0 aromatic heterocycles. The Bertz CT molecular complexity index is 46.5. The predicted molar refractivity (Wildman–Crippen MR) is 36.7 cm³/mol. The highest BCUT2D eigenvalue weighted by Gasteiger charge is 2.04. The van der Waals surface area contributed by atoms with Gasteiger partial charge in [0.25, 0.3) is 0 Å². The third-order valence-corrected chi connectivity index (χ3v) is 1.43. The molecular formula is C6H15N2. The second-order valence-electron chi connectivity index (χ2n) is 1.97. The number of nitrogens with one attached hydrogen (secondary N) is 2. The lowest BCUT2D eigenvalue weighted by Crippen LogP contribution is -2.41. The maximum Gasteiger partial charge on any atom is 0.0215 e. The van der Waals surface area contributed by atoms with E-state index >= 15 is 0 Å². The van der Waals surface area contributed by atoms with Crippen molar-refractivity contribution in [3.8, 4) is 0 Å². The number of rotatable bonds is 3. The van der Waals surface area contributed by atoms with Gasteiger partial charge in [-0.1, -0.05) is 0 Å². The van der Waals surface area contributed by atoms with Gasteiger partial charge < -0.3 is 10.6 Å². The minimum atomic E-state index is 0.306. The minimum absolute atomic E-state index is 0.306. The summed E-state index contributed by atoms with van der Waals surface area (Å²) in [5.74, 6) is 0. The van der Waals surface area contributed by atoms with Crippen LogP contribution in [0, 0.1) is 6.92 Å². The van der Waals surface area contributed by atoms with Gasteiger partial charge in [0.15, 0.2) is 0 Å². The van der Waals surface area contributed by atoms with Gasteiger partial charge in [-0.3, -0.25) is 0 Å². The summed E-state index contributed by atoms with van der Waals surface area (Å²) in [6.07, 6.45) is 0. The molecule has 0 aliphatic rings. The summed E-state index contributed by atoms with van der Waals surface area (Å²) in [6, 6.07) is 0.750. The van der Waals surface area contributed by atoms with Crippen molar-refractivity contribution in [1.29, 1.82) is 0 Å². The van der Waals surface area contributed by atoms with E-state index in [2.05, 4.69) is 24.5 Å². The molecule has 2 unspecified atom stereocenters. The van der Waals surface area contributed by atoms with Crippen molar-refractivity contribution >= 4 is 0 Å². The largest absolute Gasteiger partial charge is 0.316 e. The van der Waals surface area contributed by atoms with Crippen LogP contribution in [0.2, 0.25) is 0 Å². The maximum absolute atomic E-state index is 3.85. The standard InChI is InChI=1S/C6H15N2/c1-5(7-3)6(2)8-4/h5-8H,1H2,2-4H3. The summed E-state index contributed by atoms with van der Waals surface area (Å²) >= 11 is 0. The second-order valence-corrected chi connectivity index (χ2v) is 1.97. The van der Waals surface area contributed by atoms with Gasteiger partial charge in [-0.2, -0.15) is 0 Å². The molecule has 0 saturated heterocycles. The first-order chi connectivity index (χ1) is 3.72. The van der Waals surface area contributed by atoms with Crippen LogP contribution in [-0.2, 0) is 0 Å². The SMILES string of the molecule is [CH2]C(NC)C(C)NC.